The summed E-state index contributed by atoms with van der Waals surface area (Å²) in [7, 11) is 0. The molecule has 1 aromatic heterocycles. The minimum absolute atomic E-state index is 0.0904. The molecule has 5 heteroatoms. The number of hydrogen-bond acceptors (Lipinski definition) is 5. The van der Waals surface area contributed by atoms with Gasteiger partial charge in [-0.15, -0.1) is 0 Å². The van der Waals surface area contributed by atoms with Gasteiger partial charge in [0, 0.05) is 12.6 Å². The number of hydrogen-bond donors (Lipinski definition) is 1. The Labute approximate surface area is 120 Å². The quantitative estimate of drug-likeness (QED) is 0.897. The number of nitrogens with two attached hydrogens (primary N) is 1. The van der Waals surface area contributed by atoms with Gasteiger partial charge in [0.2, 0.25) is 11.7 Å². The van der Waals surface area contributed by atoms with Crippen LogP contribution in [0.15, 0.2) is 4.52 Å². The minimum Gasteiger partial charge on any atom is -0.370 e. The highest BCUT2D eigenvalue weighted by atomic mass is 16.5. The van der Waals surface area contributed by atoms with Gasteiger partial charge in [-0.25, -0.2) is 0 Å². The molecule has 0 aromatic carbocycles. The van der Waals surface area contributed by atoms with Crippen molar-refractivity contribution in [2.45, 2.75) is 58.1 Å². The number of ether oxygens (including phenoxy) is 1. The average Bonchev–Trinajstić information content (AvgIpc) is 3.10. The maximum absolute atomic E-state index is 6.34. The van der Waals surface area contributed by atoms with Gasteiger partial charge in [0.05, 0.1) is 5.92 Å². The first-order valence-corrected chi connectivity index (χ1v) is 7.82. The summed E-state index contributed by atoms with van der Waals surface area (Å²) >= 11 is 0. The molecule has 1 aromatic rings. The second-order valence-electron chi connectivity index (χ2n) is 6.55. The topological polar surface area (TPSA) is 74.2 Å². The van der Waals surface area contributed by atoms with E-state index in [9.17, 15) is 0 Å². The van der Waals surface area contributed by atoms with Gasteiger partial charge in [0.1, 0.15) is 6.10 Å². The first-order chi connectivity index (χ1) is 9.61. The zero-order valence-electron chi connectivity index (χ0n) is 12.6. The smallest absolute Gasteiger partial charge is 0.231 e. The van der Waals surface area contributed by atoms with Crippen LogP contribution in [0, 0.1) is 17.8 Å². The second kappa shape index (κ2) is 5.45. The van der Waals surface area contributed by atoms with Crippen LogP contribution in [0.3, 0.4) is 0 Å². The van der Waals surface area contributed by atoms with E-state index in [4.69, 9.17) is 15.0 Å². The van der Waals surface area contributed by atoms with E-state index in [1.165, 1.54) is 19.3 Å². The summed E-state index contributed by atoms with van der Waals surface area (Å²) in [6.45, 7) is 6.86. The highest BCUT2D eigenvalue weighted by Gasteiger charge is 2.49. The Hall–Kier alpha value is -0.940. The fraction of sp³-hybridized carbons (Fsp3) is 0.867. The molecule has 3 rings (SSSR count). The van der Waals surface area contributed by atoms with Crippen LogP contribution < -0.4 is 5.73 Å². The molecule has 2 fully saturated rings. The maximum Gasteiger partial charge on any atom is 0.231 e. The van der Waals surface area contributed by atoms with E-state index in [1.807, 2.05) is 6.92 Å². The van der Waals surface area contributed by atoms with Gasteiger partial charge in [0.25, 0.3) is 0 Å². The van der Waals surface area contributed by atoms with Gasteiger partial charge in [-0.2, -0.15) is 4.98 Å². The molecule has 0 spiro atoms. The van der Waals surface area contributed by atoms with Crippen molar-refractivity contribution in [3.05, 3.63) is 11.7 Å². The zero-order valence-corrected chi connectivity index (χ0v) is 12.6. The van der Waals surface area contributed by atoms with Gasteiger partial charge < -0.3 is 15.0 Å². The maximum atomic E-state index is 6.34. The van der Waals surface area contributed by atoms with Crippen LogP contribution in [0.4, 0.5) is 0 Å². The Balaban J connectivity index is 1.79. The van der Waals surface area contributed by atoms with Crippen molar-refractivity contribution >= 4 is 0 Å². The SMILES string of the molecule is CCOC(c1noc(C2C3CCC(C3)C2N)n1)C(C)C. The predicted molar refractivity (Wildman–Crippen MR) is 75.1 cm³/mol. The number of nitrogens with zero attached hydrogens (tertiary/aromatic N) is 2. The lowest BCUT2D eigenvalue weighted by Crippen LogP contribution is -2.34. The van der Waals surface area contributed by atoms with E-state index in [1.54, 1.807) is 0 Å². The summed E-state index contributed by atoms with van der Waals surface area (Å²) in [4.78, 5) is 4.62. The monoisotopic (exact) mass is 279 g/mol. The molecule has 2 bridgehead atoms. The van der Waals surface area contributed by atoms with E-state index < -0.39 is 0 Å². The summed E-state index contributed by atoms with van der Waals surface area (Å²) < 4.78 is 11.3. The molecule has 0 saturated heterocycles. The molecule has 20 heavy (non-hydrogen) atoms. The highest BCUT2D eigenvalue weighted by Crippen LogP contribution is 2.51. The Morgan fingerprint density at radius 1 is 1.35 bits per heavy atom. The van der Waals surface area contributed by atoms with Crippen LogP contribution in [-0.4, -0.2) is 22.8 Å². The fourth-order valence-corrected chi connectivity index (χ4v) is 3.95. The number of aromatic nitrogens is 2. The molecule has 5 unspecified atom stereocenters. The summed E-state index contributed by atoms with van der Waals surface area (Å²) in [5.74, 6) is 3.26. The van der Waals surface area contributed by atoms with Crippen LogP contribution in [-0.2, 0) is 4.74 Å². The lowest BCUT2D eigenvalue weighted by Gasteiger charge is -2.24. The van der Waals surface area contributed by atoms with E-state index in [-0.39, 0.29) is 18.1 Å². The van der Waals surface area contributed by atoms with Gasteiger partial charge >= 0.3 is 0 Å². The largest absolute Gasteiger partial charge is 0.370 e. The third-order valence-corrected chi connectivity index (χ3v) is 4.93. The molecule has 2 aliphatic carbocycles. The van der Waals surface area contributed by atoms with Crippen molar-refractivity contribution in [2.24, 2.45) is 23.5 Å². The molecular formula is C15H25N3O2. The van der Waals surface area contributed by atoms with E-state index in [2.05, 4.69) is 24.0 Å². The molecule has 0 radical (unpaired) electrons. The summed E-state index contributed by atoms with van der Waals surface area (Å²) in [6, 6.07) is 0.187. The van der Waals surface area contributed by atoms with Crippen LogP contribution >= 0.6 is 0 Å². The van der Waals surface area contributed by atoms with E-state index in [0.29, 0.717) is 30.2 Å². The molecular weight excluding hydrogens is 254 g/mol. The van der Waals surface area contributed by atoms with Gasteiger partial charge in [-0.05, 0) is 43.9 Å². The van der Waals surface area contributed by atoms with Crippen LogP contribution in [0.2, 0.25) is 0 Å². The second-order valence-corrected chi connectivity index (χ2v) is 6.55. The van der Waals surface area contributed by atoms with E-state index >= 15 is 0 Å². The van der Waals surface area contributed by atoms with Crippen LogP contribution in [0.25, 0.3) is 0 Å². The Kier molecular flexibility index (Phi) is 3.82. The Morgan fingerprint density at radius 3 is 2.70 bits per heavy atom. The molecule has 1 heterocycles. The zero-order chi connectivity index (χ0) is 14.3. The molecule has 0 aliphatic heterocycles. The molecule has 2 saturated carbocycles. The fourth-order valence-electron chi connectivity index (χ4n) is 3.95. The predicted octanol–water partition coefficient (Wildman–Crippen LogP) is 2.64. The molecule has 0 amide bonds. The minimum atomic E-state index is -0.0904. The van der Waals surface area contributed by atoms with Crippen molar-refractivity contribution < 1.29 is 9.26 Å². The highest BCUT2D eigenvalue weighted by molar-refractivity contribution is 5.12. The lowest BCUT2D eigenvalue weighted by atomic mass is 9.85. The van der Waals surface area contributed by atoms with Crippen molar-refractivity contribution in [1.82, 2.24) is 10.1 Å². The van der Waals surface area contributed by atoms with Gasteiger partial charge in [0.15, 0.2) is 0 Å². The summed E-state index contributed by atoms with van der Waals surface area (Å²) in [5.41, 5.74) is 6.34. The number of rotatable bonds is 5. The first-order valence-electron chi connectivity index (χ1n) is 7.82. The van der Waals surface area contributed by atoms with Crippen molar-refractivity contribution in [3.63, 3.8) is 0 Å². The van der Waals surface area contributed by atoms with Crippen molar-refractivity contribution in [3.8, 4) is 0 Å². The van der Waals surface area contributed by atoms with Gasteiger partial charge in [-0.3, -0.25) is 0 Å². The Morgan fingerprint density at radius 2 is 2.10 bits per heavy atom. The van der Waals surface area contributed by atoms with E-state index in [0.717, 1.165) is 5.89 Å². The Bertz CT molecular complexity index is 458. The van der Waals surface area contributed by atoms with Crippen molar-refractivity contribution in [1.29, 1.82) is 0 Å². The average molecular weight is 279 g/mol. The molecule has 2 N–H and O–H groups in total. The normalized spacial score (nSPS) is 34.0. The lowest BCUT2D eigenvalue weighted by molar-refractivity contribution is 0.0217. The third kappa shape index (κ3) is 2.27. The van der Waals surface area contributed by atoms with Crippen LogP contribution in [0.1, 0.15) is 63.8 Å². The molecule has 5 atom stereocenters. The first kappa shape index (κ1) is 14.0. The third-order valence-electron chi connectivity index (χ3n) is 4.93. The summed E-state index contributed by atoms with van der Waals surface area (Å²) in [5, 5.41) is 4.15. The van der Waals surface area contributed by atoms with Gasteiger partial charge in [-0.1, -0.05) is 19.0 Å². The number of fused-ring (bicyclic) bond motifs is 2. The molecule has 5 nitrogen and oxygen atoms in total. The molecule has 2 aliphatic rings. The molecule has 112 valence electrons. The van der Waals surface area contributed by atoms with Crippen LogP contribution in [0.5, 0.6) is 0 Å². The van der Waals surface area contributed by atoms with Crippen molar-refractivity contribution in [2.75, 3.05) is 6.61 Å². The standard InChI is InChI=1S/C15H25N3O2/c1-4-19-13(8(2)3)14-17-15(20-18-14)11-9-5-6-10(7-9)12(11)16/h8-13H,4-7,16H2,1-3H3. The summed E-state index contributed by atoms with van der Waals surface area (Å²) in [6.07, 6.45) is 3.64.